The SMILES string of the molecule is COc1ccc(S(=O)(=O)N(CCCC(=O)C2C3CC4CC5(C3)CC25C4)c2ccccc2)cc1. The first kappa shape index (κ1) is 21.2. The van der Waals surface area contributed by atoms with Crippen molar-refractivity contribution in [2.45, 2.75) is 49.8 Å². The molecule has 0 aromatic heterocycles. The van der Waals surface area contributed by atoms with E-state index in [1.165, 1.54) is 36.4 Å². The number of Topliss-reactive ketones (excluding diaryl/α,β-unsaturated/α-hetero) is 1. The summed E-state index contributed by atoms with van der Waals surface area (Å²) in [7, 11) is -2.19. The smallest absolute Gasteiger partial charge is 0.264 e. The molecule has 5 unspecified atom stereocenters. The lowest BCUT2D eigenvalue weighted by Crippen LogP contribution is -2.36. The Hall–Kier alpha value is -2.34. The minimum atomic E-state index is -3.75. The van der Waals surface area contributed by atoms with Crippen LogP contribution in [0.15, 0.2) is 59.5 Å². The van der Waals surface area contributed by atoms with Gasteiger partial charge >= 0.3 is 0 Å². The van der Waals surface area contributed by atoms with Crippen molar-refractivity contribution >= 4 is 21.5 Å². The van der Waals surface area contributed by atoms with Gasteiger partial charge in [-0.05, 0) is 97.6 Å². The first-order valence-electron chi connectivity index (χ1n) is 12.1. The Labute approximate surface area is 196 Å². The van der Waals surface area contributed by atoms with Gasteiger partial charge in [0.05, 0.1) is 17.7 Å². The number of sulfonamides is 1. The van der Waals surface area contributed by atoms with E-state index < -0.39 is 10.0 Å². The predicted octanol–water partition coefficient (Wildman–Crippen LogP) is 5.07. The highest BCUT2D eigenvalue weighted by Gasteiger charge is 2.82. The summed E-state index contributed by atoms with van der Waals surface area (Å²) in [4.78, 5) is 13.6. The van der Waals surface area contributed by atoms with E-state index in [0.717, 1.165) is 5.92 Å². The van der Waals surface area contributed by atoms with Crippen molar-refractivity contribution in [1.29, 1.82) is 0 Å². The number of benzene rings is 2. The normalized spacial score (nSPS) is 33.1. The fourth-order valence-corrected chi connectivity index (χ4v) is 9.56. The second-order valence-corrected chi connectivity index (χ2v) is 12.6. The Morgan fingerprint density at radius 3 is 2.52 bits per heavy atom. The van der Waals surface area contributed by atoms with Gasteiger partial charge in [-0.15, -0.1) is 0 Å². The van der Waals surface area contributed by atoms with E-state index in [0.29, 0.717) is 53.4 Å². The van der Waals surface area contributed by atoms with Crippen LogP contribution in [-0.4, -0.2) is 27.9 Å². The second-order valence-electron chi connectivity index (χ2n) is 10.7. The average Bonchev–Trinajstić information content (AvgIpc) is 3.24. The van der Waals surface area contributed by atoms with E-state index in [9.17, 15) is 13.2 Å². The van der Waals surface area contributed by atoms with Crippen LogP contribution < -0.4 is 9.04 Å². The highest BCUT2D eigenvalue weighted by molar-refractivity contribution is 7.92. The minimum Gasteiger partial charge on any atom is -0.497 e. The molecule has 6 heteroatoms. The van der Waals surface area contributed by atoms with Crippen molar-refractivity contribution in [3.05, 3.63) is 54.6 Å². The summed E-state index contributed by atoms with van der Waals surface area (Å²) in [5.74, 6) is 2.69. The molecule has 0 heterocycles. The third-order valence-corrected chi connectivity index (χ3v) is 10.9. The van der Waals surface area contributed by atoms with Crippen LogP contribution in [0.2, 0.25) is 0 Å². The molecule has 174 valence electrons. The number of anilines is 1. The van der Waals surface area contributed by atoms with Crippen molar-refractivity contribution in [1.82, 2.24) is 0 Å². The van der Waals surface area contributed by atoms with Gasteiger partial charge in [-0.1, -0.05) is 18.2 Å². The third-order valence-electron chi connectivity index (χ3n) is 9.10. The van der Waals surface area contributed by atoms with Crippen LogP contribution in [0.3, 0.4) is 0 Å². The number of carbonyl (C=O) groups is 1. The van der Waals surface area contributed by atoms with Gasteiger partial charge < -0.3 is 4.74 Å². The largest absolute Gasteiger partial charge is 0.497 e. The van der Waals surface area contributed by atoms with Crippen molar-refractivity contribution < 1.29 is 17.9 Å². The quantitative estimate of drug-likeness (QED) is 0.519. The van der Waals surface area contributed by atoms with Gasteiger partial charge in [0.15, 0.2) is 0 Å². The third kappa shape index (κ3) is 3.09. The van der Waals surface area contributed by atoms with E-state index in [2.05, 4.69) is 0 Å². The lowest BCUT2D eigenvalue weighted by atomic mass is 9.66. The molecule has 0 aliphatic heterocycles. The Bertz CT molecular complexity index is 1180. The molecule has 0 saturated heterocycles. The Morgan fingerprint density at radius 2 is 1.82 bits per heavy atom. The van der Waals surface area contributed by atoms with Crippen LogP contribution in [-0.2, 0) is 14.8 Å². The standard InChI is InChI=1S/C27H31NO4S/c1-32-22-9-11-23(12-10-22)33(30,31)28(21-6-3-2-4-7-21)13-5-8-24(29)25-20-14-19-15-26(17-20)18-27(25,26)16-19/h2-4,6-7,9-12,19-20,25H,5,8,13-18H2,1H3. The van der Waals surface area contributed by atoms with Gasteiger partial charge in [-0.2, -0.15) is 0 Å². The van der Waals surface area contributed by atoms with Crippen molar-refractivity contribution in [3.63, 3.8) is 0 Å². The highest BCUT2D eigenvalue weighted by Crippen LogP contribution is 2.89. The van der Waals surface area contributed by atoms with Crippen molar-refractivity contribution in [2.24, 2.45) is 28.6 Å². The number of nitrogens with zero attached hydrogens (tertiary/aromatic N) is 1. The molecule has 5 atom stereocenters. The summed E-state index contributed by atoms with van der Waals surface area (Å²) in [6.07, 6.45) is 7.40. The van der Waals surface area contributed by atoms with Gasteiger partial charge in [0.1, 0.15) is 11.5 Å². The summed E-state index contributed by atoms with van der Waals surface area (Å²) in [5, 5.41) is 0. The molecule has 5 nitrogen and oxygen atoms in total. The van der Waals surface area contributed by atoms with E-state index in [1.807, 2.05) is 30.3 Å². The van der Waals surface area contributed by atoms with Gasteiger partial charge in [0.2, 0.25) is 0 Å². The molecular weight excluding hydrogens is 434 g/mol. The summed E-state index contributed by atoms with van der Waals surface area (Å²) in [6, 6.07) is 15.7. The number of ketones is 1. The number of hydrogen-bond acceptors (Lipinski definition) is 4. The van der Waals surface area contributed by atoms with Crippen LogP contribution in [0.5, 0.6) is 5.75 Å². The number of methoxy groups -OCH3 is 1. The van der Waals surface area contributed by atoms with Crippen LogP contribution in [0.25, 0.3) is 0 Å². The average molecular weight is 466 g/mol. The molecule has 0 N–H and O–H groups in total. The zero-order chi connectivity index (χ0) is 22.8. The lowest BCUT2D eigenvalue weighted by Gasteiger charge is -2.37. The Morgan fingerprint density at radius 1 is 1.06 bits per heavy atom. The summed E-state index contributed by atoms with van der Waals surface area (Å²) in [5.41, 5.74) is 1.46. The predicted molar refractivity (Wildman–Crippen MR) is 127 cm³/mol. The van der Waals surface area contributed by atoms with Gasteiger partial charge in [0, 0.05) is 18.9 Å². The number of hydrogen-bond donors (Lipinski definition) is 0. The van der Waals surface area contributed by atoms with E-state index >= 15 is 0 Å². The first-order valence-corrected chi connectivity index (χ1v) is 13.6. The molecule has 5 aliphatic carbocycles. The molecule has 0 radical (unpaired) electrons. The number of ether oxygens (including phenoxy) is 1. The molecular formula is C27H31NO4S. The molecule has 5 aliphatic rings. The summed E-state index contributed by atoms with van der Waals surface area (Å²) in [6.45, 7) is 0.294. The second kappa shape index (κ2) is 7.33. The molecule has 4 bridgehead atoms. The maximum atomic E-state index is 13.5. The molecule has 33 heavy (non-hydrogen) atoms. The number of para-hydroxylation sites is 1. The highest BCUT2D eigenvalue weighted by atomic mass is 32.2. The summed E-state index contributed by atoms with van der Waals surface area (Å²) >= 11 is 0. The van der Waals surface area contributed by atoms with E-state index in [-0.39, 0.29) is 10.8 Å². The van der Waals surface area contributed by atoms with Gasteiger partial charge in [-0.25, -0.2) is 8.42 Å². The minimum absolute atomic E-state index is 0.224. The molecule has 2 aromatic rings. The molecule has 2 spiro atoms. The van der Waals surface area contributed by atoms with Gasteiger partial charge in [-0.3, -0.25) is 9.10 Å². The summed E-state index contributed by atoms with van der Waals surface area (Å²) < 4.78 is 33.7. The zero-order valence-corrected chi connectivity index (χ0v) is 19.9. The van der Waals surface area contributed by atoms with Gasteiger partial charge in [0.25, 0.3) is 10.0 Å². The van der Waals surface area contributed by atoms with Crippen LogP contribution in [0, 0.1) is 28.6 Å². The van der Waals surface area contributed by atoms with Crippen LogP contribution in [0.1, 0.15) is 44.9 Å². The van der Waals surface area contributed by atoms with E-state index in [1.54, 1.807) is 31.4 Å². The monoisotopic (exact) mass is 465 g/mol. The maximum Gasteiger partial charge on any atom is 0.264 e. The first-order chi connectivity index (χ1) is 15.9. The number of carbonyl (C=O) groups excluding carboxylic acids is 1. The molecule has 7 rings (SSSR count). The van der Waals surface area contributed by atoms with E-state index in [4.69, 9.17) is 4.74 Å². The molecule has 5 fully saturated rings. The fraction of sp³-hybridized carbons (Fsp3) is 0.519. The maximum absolute atomic E-state index is 13.5. The van der Waals surface area contributed by atoms with Crippen molar-refractivity contribution in [3.8, 4) is 5.75 Å². The lowest BCUT2D eigenvalue weighted by molar-refractivity contribution is -0.127. The molecule has 5 saturated carbocycles. The molecule has 0 amide bonds. The number of rotatable bonds is 9. The van der Waals surface area contributed by atoms with Crippen LogP contribution >= 0.6 is 0 Å². The Balaban J connectivity index is 1.18. The van der Waals surface area contributed by atoms with Crippen LogP contribution in [0.4, 0.5) is 5.69 Å². The zero-order valence-electron chi connectivity index (χ0n) is 19.1. The molecule has 2 aromatic carbocycles. The Kier molecular flexibility index (Phi) is 4.71. The fourth-order valence-electron chi connectivity index (χ4n) is 8.06. The van der Waals surface area contributed by atoms with Crippen molar-refractivity contribution in [2.75, 3.05) is 18.0 Å². The topological polar surface area (TPSA) is 63.7 Å².